The third-order valence-electron chi connectivity index (χ3n) is 6.28. The number of H-pyrrole nitrogens is 1. The second-order valence-electron chi connectivity index (χ2n) is 9.01. The molecule has 198 valence electrons. The van der Waals surface area contributed by atoms with Crippen molar-refractivity contribution in [3.8, 4) is 22.4 Å². The van der Waals surface area contributed by atoms with E-state index in [0.29, 0.717) is 28.0 Å². The predicted molar refractivity (Wildman–Crippen MR) is 159 cm³/mol. The van der Waals surface area contributed by atoms with Crippen LogP contribution >= 0.6 is 23.2 Å². The van der Waals surface area contributed by atoms with E-state index in [1.807, 2.05) is 54.6 Å². The highest BCUT2D eigenvalue weighted by Crippen LogP contribution is 2.29. The first-order valence-electron chi connectivity index (χ1n) is 12.4. The molecule has 1 aromatic heterocycles. The van der Waals surface area contributed by atoms with Crippen LogP contribution in [0.25, 0.3) is 34.5 Å². The molecule has 3 N–H and O–H groups in total. The lowest BCUT2D eigenvalue weighted by Crippen LogP contribution is -2.22. The van der Waals surface area contributed by atoms with Crippen molar-refractivity contribution in [1.29, 1.82) is 0 Å². The molecule has 0 spiro atoms. The summed E-state index contributed by atoms with van der Waals surface area (Å²) in [6.45, 7) is 0.309. The van der Waals surface area contributed by atoms with E-state index in [1.165, 1.54) is 12.1 Å². The van der Waals surface area contributed by atoms with Crippen LogP contribution in [0.2, 0.25) is 10.0 Å². The van der Waals surface area contributed by atoms with Crippen LogP contribution < -0.4 is 5.32 Å². The number of nitrogens with one attached hydrogen (secondary N) is 2. The first kappa shape index (κ1) is 26.9. The molecule has 0 aliphatic heterocycles. The molecular weight excluding hydrogens is 545 g/mol. The summed E-state index contributed by atoms with van der Waals surface area (Å²) in [4.78, 5) is 31.3. The second kappa shape index (κ2) is 12.0. The normalized spacial score (nSPS) is 11.1. The molecule has 0 unspecified atom stereocenters. The van der Waals surface area contributed by atoms with Crippen molar-refractivity contribution in [1.82, 2.24) is 15.3 Å². The number of carboxylic acids is 1. The SMILES string of the molecule is O=C(O)c1ccc(CNC(=O)c2ccc(-c3ccc(/C=C/c4nc(-c5ccc(Cl)cc5Cl)c[nH]4)cc3)cc2)cc1. The largest absolute Gasteiger partial charge is 0.478 e. The fourth-order valence-electron chi connectivity index (χ4n) is 4.08. The van der Waals surface area contributed by atoms with E-state index >= 15 is 0 Å². The molecular formula is C32H23Cl2N3O3. The molecule has 40 heavy (non-hydrogen) atoms. The van der Waals surface area contributed by atoms with Gasteiger partial charge >= 0.3 is 5.97 Å². The van der Waals surface area contributed by atoms with E-state index in [-0.39, 0.29) is 11.5 Å². The number of hydrogen-bond acceptors (Lipinski definition) is 3. The number of aromatic nitrogens is 2. The van der Waals surface area contributed by atoms with Crippen molar-refractivity contribution in [2.24, 2.45) is 0 Å². The monoisotopic (exact) mass is 567 g/mol. The molecule has 5 aromatic rings. The average molecular weight is 568 g/mol. The van der Waals surface area contributed by atoms with Gasteiger partial charge in [0.2, 0.25) is 0 Å². The van der Waals surface area contributed by atoms with Crippen LogP contribution in [0.1, 0.15) is 37.7 Å². The first-order chi connectivity index (χ1) is 19.4. The molecule has 0 aliphatic rings. The summed E-state index contributed by atoms with van der Waals surface area (Å²) >= 11 is 12.3. The summed E-state index contributed by atoms with van der Waals surface area (Å²) in [5.74, 6) is -0.476. The third kappa shape index (κ3) is 6.49. The molecule has 0 aliphatic carbocycles. The van der Waals surface area contributed by atoms with Gasteiger partial charge in [-0.05, 0) is 70.8 Å². The number of carbonyl (C=O) groups excluding carboxylic acids is 1. The van der Waals surface area contributed by atoms with Crippen molar-refractivity contribution >= 4 is 47.2 Å². The van der Waals surface area contributed by atoms with Crippen LogP contribution in [0.4, 0.5) is 0 Å². The highest BCUT2D eigenvalue weighted by molar-refractivity contribution is 6.36. The van der Waals surface area contributed by atoms with Crippen LogP contribution in [0.5, 0.6) is 0 Å². The van der Waals surface area contributed by atoms with Crippen LogP contribution in [0, 0.1) is 0 Å². The topological polar surface area (TPSA) is 95.1 Å². The number of aromatic carboxylic acids is 1. The summed E-state index contributed by atoms with van der Waals surface area (Å²) in [5, 5.41) is 13.0. The Morgan fingerprint density at radius 2 is 1.48 bits per heavy atom. The maximum atomic E-state index is 12.6. The Morgan fingerprint density at radius 1 is 0.825 bits per heavy atom. The van der Waals surface area contributed by atoms with Crippen molar-refractivity contribution < 1.29 is 14.7 Å². The van der Waals surface area contributed by atoms with Crippen LogP contribution in [0.15, 0.2) is 97.2 Å². The van der Waals surface area contributed by atoms with Gasteiger partial charge in [0, 0.05) is 28.9 Å². The summed E-state index contributed by atoms with van der Waals surface area (Å²) in [7, 11) is 0. The smallest absolute Gasteiger partial charge is 0.335 e. The van der Waals surface area contributed by atoms with Gasteiger partial charge in [0.15, 0.2) is 0 Å². The Kier molecular flexibility index (Phi) is 8.10. The number of rotatable bonds is 8. The molecule has 4 aromatic carbocycles. The van der Waals surface area contributed by atoms with Gasteiger partial charge in [-0.2, -0.15) is 0 Å². The number of carbonyl (C=O) groups is 2. The summed E-state index contributed by atoms with van der Waals surface area (Å²) in [6.07, 6.45) is 5.68. The molecule has 0 atom stereocenters. The Hall–Kier alpha value is -4.65. The first-order valence-corrected chi connectivity index (χ1v) is 13.1. The molecule has 1 heterocycles. The van der Waals surface area contributed by atoms with E-state index in [0.717, 1.165) is 33.5 Å². The van der Waals surface area contributed by atoms with Crippen molar-refractivity contribution in [2.75, 3.05) is 0 Å². The number of aromatic amines is 1. The number of amides is 1. The summed E-state index contributed by atoms with van der Waals surface area (Å²) in [5.41, 5.74) is 6.16. The lowest BCUT2D eigenvalue weighted by molar-refractivity contribution is 0.0696. The Morgan fingerprint density at radius 3 is 2.12 bits per heavy atom. The van der Waals surface area contributed by atoms with Crippen molar-refractivity contribution in [2.45, 2.75) is 6.54 Å². The van der Waals surface area contributed by atoms with Crippen LogP contribution in [0.3, 0.4) is 0 Å². The second-order valence-corrected chi connectivity index (χ2v) is 9.86. The Bertz CT molecular complexity index is 1690. The molecule has 0 bridgehead atoms. The maximum Gasteiger partial charge on any atom is 0.335 e. The third-order valence-corrected chi connectivity index (χ3v) is 6.83. The maximum absolute atomic E-state index is 12.6. The van der Waals surface area contributed by atoms with E-state index in [9.17, 15) is 9.59 Å². The van der Waals surface area contributed by atoms with E-state index in [1.54, 1.807) is 42.6 Å². The minimum absolute atomic E-state index is 0.200. The van der Waals surface area contributed by atoms with Crippen molar-refractivity contribution in [3.05, 3.63) is 135 Å². The predicted octanol–water partition coefficient (Wildman–Crippen LogP) is 7.85. The zero-order valence-corrected chi connectivity index (χ0v) is 22.6. The highest BCUT2D eigenvalue weighted by Gasteiger charge is 2.09. The number of carboxylic acid groups (broad SMARTS) is 1. The number of nitrogens with zero attached hydrogens (tertiary/aromatic N) is 1. The quantitative estimate of drug-likeness (QED) is 0.178. The molecule has 0 saturated heterocycles. The summed E-state index contributed by atoms with van der Waals surface area (Å²) < 4.78 is 0. The zero-order valence-electron chi connectivity index (χ0n) is 21.1. The standard InChI is InChI=1S/C32H23Cl2N3O3/c33-26-14-15-27(28(34)17-26)29-19-35-30(37-29)16-5-20-1-6-22(7-2-20)23-10-12-24(13-11-23)31(38)36-18-21-3-8-25(9-4-21)32(39)40/h1-17,19H,18H2,(H,35,37)(H,36,38)(H,39,40)/b16-5+. The molecule has 1 amide bonds. The van der Waals surface area contributed by atoms with Gasteiger partial charge in [0.1, 0.15) is 5.82 Å². The minimum atomic E-state index is -0.981. The fraction of sp³-hybridized carbons (Fsp3) is 0.0312. The molecule has 8 heteroatoms. The molecule has 6 nitrogen and oxygen atoms in total. The van der Waals surface area contributed by atoms with Gasteiger partial charge in [-0.25, -0.2) is 9.78 Å². The molecule has 5 rings (SSSR count). The molecule has 0 radical (unpaired) electrons. The van der Waals surface area contributed by atoms with Gasteiger partial charge in [-0.3, -0.25) is 4.79 Å². The molecule has 0 saturated carbocycles. The van der Waals surface area contributed by atoms with E-state index in [2.05, 4.69) is 15.3 Å². The highest BCUT2D eigenvalue weighted by atomic mass is 35.5. The lowest BCUT2D eigenvalue weighted by atomic mass is 10.0. The van der Waals surface area contributed by atoms with Crippen molar-refractivity contribution in [3.63, 3.8) is 0 Å². The number of imidazole rings is 1. The minimum Gasteiger partial charge on any atom is -0.478 e. The zero-order chi connectivity index (χ0) is 28.1. The Labute approximate surface area is 240 Å². The van der Waals surface area contributed by atoms with Gasteiger partial charge in [-0.15, -0.1) is 0 Å². The van der Waals surface area contributed by atoms with Crippen LogP contribution in [-0.4, -0.2) is 27.0 Å². The number of benzene rings is 4. The molecule has 0 fully saturated rings. The summed E-state index contributed by atoms with van der Waals surface area (Å²) in [6, 6.07) is 27.2. The van der Waals surface area contributed by atoms with E-state index in [4.69, 9.17) is 28.3 Å². The van der Waals surface area contributed by atoms with E-state index < -0.39 is 5.97 Å². The van der Waals surface area contributed by atoms with Crippen LogP contribution in [-0.2, 0) is 6.54 Å². The Balaban J connectivity index is 1.18. The average Bonchev–Trinajstić information content (AvgIpc) is 3.44. The van der Waals surface area contributed by atoms with Gasteiger partial charge < -0.3 is 15.4 Å². The number of hydrogen-bond donors (Lipinski definition) is 3. The van der Waals surface area contributed by atoms with Gasteiger partial charge in [0.05, 0.1) is 16.3 Å². The number of halogens is 2. The van der Waals surface area contributed by atoms with Gasteiger partial charge in [-0.1, -0.05) is 77.8 Å². The lowest BCUT2D eigenvalue weighted by Gasteiger charge is -2.07. The fourth-order valence-corrected chi connectivity index (χ4v) is 4.59. The van der Waals surface area contributed by atoms with Gasteiger partial charge in [0.25, 0.3) is 5.91 Å².